The third kappa shape index (κ3) is 27.8. The van der Waals surface area contributed by atoms with Crippen molar-refractivity contribution in [1.82, 2.24) is 4.98 Å². The molecule has 524 valence electrons. The van der Waals surface area contributed by atoms with Gasteiger partial charge in [0.25, 0.3) is 0 Å². The summed E-state index contributed by atoms with van der Waals surface area (Å²) in [6.07, 6.45) is -14.7. The molecule has 33 nitrogen and oxygen atoms in total. The molecular formula is C54H99N2NaO31S2. The SMILES string of the molecule is CC(C)[NH+](C)CCc1c[nH]c2cccc(O)c12.COC1OC(CO)C(OC)C(O)C1O.COC1OC(CO)C(OC)C(O)C1O.COC1OC(COCCCCS(=O)(=O)[O-])C(OC)C(O)C1O.COC1OC(COCCCCS(=O)(=O)[O-])C(OC)C(O)C1O.[Na+]. The minimum Gasteiger partial charge on any atom is -0.748 e. The molecule has 1 aromatic carbocycles. The molecule has 4 saturated heterocycles. The van der Waals surface area contributed by atoms with Crippen molar-refractivity contribution in [1.29, 1.82) is 0 Å². The fraction of sp³-hybridized carbons (Fsp3) is 0.852. The minimum absolute atomic E-state index is 0. The van der Waals surface area contributed by atoms with Crippen molar-refractivity contribution in [2.24, 2.45) is 0 Å². The summed E-state index contributed by atoms with van der Waals surface area (Å²) in [6.45, 7) is 5.55. The number of unbranched alkanes of at least 4 members (excludes halogenated alkanes) is 2. The number of hydrogen-bond donors (Lipinski definition) is 13. The Morgan fingerprint density at radius 3 is 1.17 bits per heavy atom. The number of fused-ring (bicyclic) bond motifs is 1. The summed E-state index contributed by atoms with van der Waals surface area (Å²) in [5.74, 6) is -0.470. The number of rotatable bonds is 28. The Balaban J connectivity index is 0.000000568. The third-order valence-corrected chi connectivity index (χ3v) is 16.5. The largest absolute Gasteiger partial charge is 1.00 e. The second kappa shape index (κ2) is 44.3. The number of likely N-dealkylation sites (N-methyl/N-ethyl adjacent to an activating group) is 1. The van der Waals surface area contributed by atoms with Crippen LogP contribution in [-0.4, -0.2) is 338 Å². The molecule has 0 radical (unpaired) electrons. The predicted octanol–water partition coefficient (Wildman–Crippen LogP) is -8.61. The fourth-order valence-electron chi connectivity index (χ4n) is 9.55. The molecule has 4 fully saturated rings. The molecule has 4 aliphatic rings. The first-order valence-electron chi connectivity index (χ1n) is 28.6. The van der Waals surface area contributed by atoms with Gasteiger partial charge >= 0.3 is 29.6 Å². The van der Waals surface area contributed by atoms with Crippen molar-refractivity contribution in [2.45, 2.75) is 175 Å². The van der Waals surface area contributed by atoms with Crippen molar-refractivity contribution in [3.05, 3.63) is 30.0 Å². The van der Waals surface area contributed by atoms with E-state index in [9.17, 15) is 71.9 Å². The van der Waals surface area contributed by atoms with Crippen molar-refractivity contribution in [3.8, 4) is 5.75 Å². The second-order valence-corrected chi connectivity index (χ2v) is 24.4. The van der Waals surface area contributed by atoms with Gasteiger partial charge in [-0.25, -0.2) is 16.8 Å². The van der Waals surface area contributed by atoms with E-state index >= 15 is 0 Å². The Labute approximate surface area is 548 Å². The second-order valence-electron chi connectivity index (χ2n) is 21.3. The fourth-order valence-corrected chi connectivity index (χ4v) is 10.7. The van der Waals surface area contributed by atoms with Gasteiger partial charge in [0.05, 0.1) is 66.3 Å². The molecule has 0 amide bonds. The molecule has 0 saturated carbocycles. The van der Waals surface area contributed by atoms with Gasteiger partial charge in [0.1, 0.15) is 103 Å². The molecule has 2 aromatic rings. The Kier molecular flexibility index (Phi) is 42.5. The number of aromatic hydroxyl groups is 1. The van der Waals surface area contributed by atoms with E-state index < -0.39 is 155 Å². The van der Waals surface area contributed by atoms with Crippen molar-refractivity contribution < 1.29 is 183 Å². The van der Waals surface area contributed by atoms with Crippen LogP contribution in [0.15, 0.2) is 24.4 Å². The average Bonchev–Trinajstić information content (AvgIpc) is 2.38. The molecule has 13 N–H and O–H groups in total. The van der Waals surface area contributed by atoms with Gasteiger partial charge < -0.3 is 141 Å². The summed E-state index contributed by atoms with van der Waals surface area (Å²) >= 11 is 0. The van der Waals surface area contributed by atoms with Crippen LogP contribution in [0.3, 0.4) is 0 Å². The zero-order chi connectivity index (χ0) is 67.3. The van der Waals surface area contributed by atoms with Crippen LogP contribution in [-0.2, 0) is 93.0 Å². The molecule has 4 aliphatic heterocycles. The number of nitrogens with one attached hydrogen (secondary N) is 2. The maximum absolute atomic E-state index is 10.4. The van der Waals surface area contributed by atoms with Crippen LogP contribution in [0.5, 0.6) is 5.75 Å². The minimum atomic E-state index is -4.20. The molecule has 6 rings (SSSR count). The quantitative estimate of drug-likeness (QED) is 0.0214. The summed E-state index contributed by atoms with van der Waals surface area (Å²) < 4.78 is 134. The van der Waals surface area contributed by atoms with E-state index in [0.29, 0.717) is 24.6 Å². The number of aromatic nitrogens is 1. The first-order chi connectivity index (χ1) is 42.0. The van der Waals surface area contributed by atoms with Gasteiger partial charge in [0.15, 0.2) is 25.2 Å². The molecule has 0 aliphatic carbocycles. The number of benzene rings is 1. The number of aliphatic hydroxyl groups excluding tert-OH is 10. The molecule has 36 heteroatoms. The average molecular weight is 1360 g/mol. The molecule has 0 bridgehead atoms. The molecule has 90 heavy (non-hydrogen) atoms. The number of quaternary nitrogens is 1. The number of hydrogen-bond acceptors (Lipinski definition) is 31. The zero-order valence-corrected chi connectivity index (χ0v) is 56.9. The number of ether oxygens (including phenoxy) is 14. The van der Waals surface area contributed by atoms with E-state index in [-0.39, 0.29) is 82.0 Å². The van der Waals surface area contributed by atoms with E-state index in [1.807, 2.05) is 18.3 Å². The molecule has 21 atom stereocenters. The van der Waals surface area contributed by atoms with Gasteiger partial charge in [0, 0.05) is 105 Å². The topological polar surface area (TPSA) is 486 Å². The summed E-state index contributed by atoms with van der Waals surface area (Å²) in [5, 5.41) is 106. The Morgan fingerprint density at radius 2 is 0.867 bits per heavy atom. The molecule has 5 heterocycles. The molecular weight excluding hydrogens is 1260 g/mol. The zero-order valence-electron chi connectivity index (χ0n) is 53.2. The Bertz CT molecular complexity index is 2310. The van der Waals surface area contributed by atoms with Gasteiger partial charge in [-0.05, 0) is 57.2 Å². The summed E-state index contributed by atoms with van der Waals surface area (Å²) in [7, 11) is 4.70. The number of methoxy groups -OCH3 is 8. The monoisotopic (exact) mass is 1360 g/mol. The van der Waals surface area contributed by atoms with Crippen molar-refractivity contribution in [3.63, 3.8) is 0 Å². The number of aromatic amines is 1. The van der Waals surface area contributed by atoms with E-state index in [0.717, 1.165) is 23.9 Å². The Morgan fingerprint density at radius 1 is 0.533 bits per heavy atom. The van der Waals surface area contributed by atoms with Gasteiger partial charge in [-0.1, -0.05) is 6.07 Å². The first-order valence-corrected chi connectivity index (χ1v) is 31.8. The van der Waals surface area contributed by atoms with Gasteiger partial charge in [-0.15, -0.1) is 0 Å². The normalized spacial score (nSPS) is 32.4. The smallest absolute Gasteiger partial charge is 0.748 e. The van der Waals surface area contributed by atoms with Crippen LogP contribution < -0.4 is 34.5 Å². The van der Waals surface area contributed by atoms with Crippen molar-refractivity contribution in [2.75, 3.05) is 122 Å². The van der Waals surface area contributed by atoms with Crippen LogP contribution in [0, 0.1) is 0 Å². The van der Waals surface area contributed by atoms with Crippen LogP contribution in [0.2, 0.25) is 0 Å². The number of aliphatic hydroxyl groups is 10. The third-order valence-electron chi connectivity index (χ3n) is 14.9. The maximum atomic E-state index is 10.4. The van der Waals surface area contributed by atoms with Gasteiger partial charge in [-0.2, -0.15) is 0 Å². The number of phenols is 1. The predicted molar refractivity (Wildman–Crippen MR) is 308 cm³/mol. The molecule has 1 aromatic heterocycles. The summed E-state index contributed by atoms with van der Waals surface area (Å²) in [5.41, 5.74) is 2.22. The Hall–Kier alpha value is -1.62. The van der Waals surface area contributed by atoms with Gasteiger partial charge in [-0.3, -0.25) is 0 Å². The number of phenolic OH excluding ortho intramolecular Hbond substituents is 1. The van der Waals surface area contributed by atoms with E-state index in [4.69, 9.17) is 76.5 Å². The molecule has 21 unspecified atom stereocenters. The first kappa shape index (κ1) is 86.4. The summed E-state index contributed by atoms with van der Waals surface area (Å²) in [6, 6.07) is 6.24. The van der Waals surface area contributed by atoms with Crippen LogP contribution in [0.4, 0.5) is 0 Å². The van der Waals surface area contributed by atoms with Crippen LogP contribution >= 0.6 is 0 Å². The van der Waals surface area contributed by atoms with Gasteiger partial charge in [0.2, 0.25) is 0 Å². The van der Waals surface area contributed by atoms with E-state index in [1.165, 1.54) is 67.3 Å². The standard InChI is InChI=1S/C14H20N2O.2C12H24O9S.2C8H16O6.Na/c1-10(2)16(3)8-7-11-9-15-12-5-4-6-13(17)14(11)12;2*1-18-11-8(21-12(19-2)10(14)9(11)13)7-20-5-3-4-6-22(15,16)17;2*1-12-7-4(3-9)14-8(13-2)6(11)5(7)10;/h4-6,9-10,15,17H,7-8H2,1-3H3;2*8-14H,3-7H2,1-2H3,(H,15,16,17);2*4-11H,3H2,1-2H3;/q;;;;;+1/p-1. The number of H-pyrrole nitrogens is 1. The van der Waals surface area contributed by atoms with E-state index in [1.54, 1.807) is 6.07 Å². The van der Waals surface area contributed by atoms with Crippen LogP contribution in [0.1, 0.15) is 45.1 Å². The van der Waals surface area contributed by atoms with Crippen molar-refractivity contribution >= 4 is 31.1 Å². The molecule has 0 spiro atoms. The van der Waals surface area contributed by atoms with Crippen LogP contribution in [0.25, 0.3) is 10.9 Å². The maximum Gasteiger partial charge on any atom is 1.00 e. The van der Waals surface area contributed by atoms with E-state index in [2.05, 4.69) is 25.9 Å². The summed E-state index contributed by atoms with van der Waals surface area (Å²) in [4.78, 5) is 4.72.